The van der Waals surface area contributed by atoms with Gasteiger partial charge in [0.2, 0.25) is 5.91 Å². The van der Waals surface area contributed by atoms with Crippen LogP contribution in [0.25, 0.3) is 10.9 Å². The summed E-state index contributed by atoms with van der Waals surface area (Å²) in [7, 11) is 0. The molecule has 0 saturated carbocycles. The van der Waals surface area contributed by atoms with E-state index >= 15 is 0 Å². The standard InChI is InChI=1S/C20H20ClN3O2/c1-4-24-18-10-5-14(21)11-17(18)12(2)19(24)20(26)23-16-8-6-15(7-9-16)22-13(3)25/h5-11H,4H2,1-3H3,(H,22,25)(H,23,26). The number of nitrogens with zero attached hydrogens (tertiary/aromatic N) is 1. The molecule has 6 heteroatoms. The van der Waals surface area contributed by atoms with Crippen molar-refractivity contribution in [1.82, 2.24) is 4.57 Å². The van der Waals surface area contributed by atoms with E-state index in [1.807, 2.05) is 36.6 Å². The predicted octanol–water partition coefficient (Wildman–Crippen LogP) is 4.83. The molecule has 0 aliphatic heterocycles. The average molecular weight is 370 g/mol. The second-order valence-electron chi connectivity index (χ2n) is 6.09. The van der Waals surface area contributed by atoms with Gasteiger partial charge in [-0.2, -0.15) is 0 Å². The Labute approximate surface area is 157 Å². The van der Waals surface area contributed by atoms with Crippen molar-refractivity contribution in [3.63, 3.8) is 0 Å². The first-order valence-corrected chi connectivity index (χ1v) is 8.76. The minimum Gasteiger partial charge on any atom is -0.337 e. The first-order chi connectivity index (χ1) is 12.4. The summed E-state index contributed by atoms with van der Waals surface area (Å²) in [5.41, 5.74) is 3.85. The van der Waals surface area contributed by atoms with Crippen molar-refractivity contribution in [1.29, 1.82) is 0 Å². The Morgan fingerprint density at radius 3 is 2.23 bits per heavy atom. The van der Waals surface area contributed by atoms with Gasteiger partial charge in [-0.25, -0.2) is 0 Å². The van der Waals surface area contributed by atoms with Crippen LogP contribution in [-0.4, -0.2) is 16.4 Å². The van der Waals surface area contributed by atoms with Crippen LogP contribution in [0.5, 0.6) is 0 Å². The van der Waals surface area contributed by atoms with E-state index in [0.717, 1.165) is 16.5 Å². The molecule has 26 heavy (non-hydrogen) atoms. The molecule has 134 valence electrons. The Balaban J connectivity index is 1.92. The summed E-state index contributed by atoms with van der Waals surface area (Å²) >= 11 is 6.12. The summed E-state index contributed by atoms with van der Waals surface area (Å²) in [5, 5.41) is 7.25. The van der Waals surface area contributed by atoms with Gasteiger partial charge < -0.3 is 15.2 Å². The number of carbonyl (C=O) groups excluding carboxylic acids is 2. The number of hydrogen-bond donors (Lipinski definition) is 2. The van der Waals surface area contributed by atoms with Crippen LogP contribution in [0.4, 0.5) is 11.4 Å². The summed E-state index contributed by atoms with van der Waals surface area (Å²) in [5.74, 6) is -0.313. The van der Waals surface area contributed by atoms with E-state index in [1.54, 1.807) is 24.3 Å². The zero-order valence-electron chi connectivity index (χ0n) is 14.9. The van der Waals surface area contributed by atoms with Crippen LogP contribution in [0.2, 0.25) is 5.02 Å². The molecule has 0 unspecified atom stereocenters. The van der Waals surface area contributed by atoms with Crippen molar-refractivity contribution < 1.29 is 9.59 Å². The van der Waals surface area contributed by atoms with Gasteiger partial charge in [0.25, 0.3) is 5.91 Å². The molecule has 5 nitrogen and oxygen atoms in total. The molecule has 0 spiro atoms. The summed E-state index contributed by atoms with van der Waals surface area (Å²) in [6.45, 7) is 6.07. The van der Waals surface area contributed by atoms with Crippen LogP contribution < -0.4 is 10.6 Å². The Morgan fingerprint density at radius 1 is 1.04 bits per heavy atom. The second kappa shape index (κ2) is 7.22. The maximum Gasteiger partial charge on any atom is 0.272 e. The maximum atomic E-state index is 12.9. The van der Waals surface area contributed by atoms with E-state index in [4.69, 9.17) is 11.6 Å². The molecule has 3 aromatic rings. The number of amides is 2. The number of benzene rings is 2. The molecule has 2 amide bonds. The molecule has 0 atom stereocenters. The minimum absolute atomic E-state index is 0.136. The van der Waals surface area contributed by atoms with Gasteiger partial charge in [0, 0.05) is 40.8 Å². The lowest BCUT2D eigenvalue weighted by molar-refractivity contribution is -0.114. The van der Waals surface area contributed by atoms with E-state index in [1.165, 1.54) is 6.92 Å². The minimum atomic E-state index is -0.177. The van der Waals surface area contributed by atoms with Gasteiger partial charge in [0.1, 0.15) is 5.69 Å². The lowest BCUT2D eigenvalue weighted by Crippen LogP contribution is -2.18. The summed E-state index contributed by atoms with van der Waals surface area (Å²) in [6, 6.07) is 12.7. The van der Waals surface area contributed by atoms with Crippen LogP contribution in [-0.2, 0) is 11.3 Å². The third kappa shape index (κ3) is 3.44. The van der Waals surface area contributed by atoms with Crippen LogP contribution in [0.3, 0.4) is 0 Å². The number of aromatic nitrogens is 1. The Hall–Kier alpha value is -2.79. The van der Waals surface area contributed by atoms with Gasteiger partial charge >= 0.3 is 0 Å². The van der Waals surface area contributed by atoms with Crippen molar-refractivity contribution in [2.45, 2.75) is 27.3 Å². The molecule has 0 aliphatic carbocycles. The summed E-state index contributed by atoms with van der Waals surface area (Å²) < 4.78 is 1.99. The van der Waals surface area contributed by atoms with Crippen molar-refractivity contribution in [3.8, 4) is 0 Å². The normalized spacial score (nSPS) is 10.8. The molecular formula is C20H20ClN3O2. The van der Waals surface area contributed by atoms with Crippen LogP contribution in [0.15, 0.2) is 42.5 Å². The highest BCUT2D eigenvalue weighted by Gasteiger charge is 2.19. The topological polar surface area (TPSA) is 63.1 Å². The van der Waals surface area contributed by atoms with Gasteiger partial charge in [-0.05, 0) is 61.9 Å². The number of hydrogen-bond acceptors (Lipinski definition) is 2. The van der Waals surface area contributed by atoms with Crippen LogP contribution >= 0.6 is 11.6 Å². The van der Waals surface area contributed by atoms with Gasteiger partial charge in [-0.3, -0.25) is 9.59 Å². The molecular weight excluding hydrogens is 350 g/mol. The summed E-state index contributed by atoms with van der Waals surface area (Å²) in [6.07, 6.45) is 0. The summed E-state index contributed by atoms with van der Waals surface area (Å²) in [4.78, 5) is 24.0. The van der Waals surface area contributed by atoms with Crippen molar-refractivity contribution in [3.05, 3.63) is 58.7 Å². The number of fused-ring (bicyclic) bond motifs is 1. The van der Waals surface area contributed by atoms with Crippen molar-refractivity contribution >= 4 is 45.7 Å². The van der Waals surface area contributed by atoms with E-state index in [-0.39, 0.29) is 11.8 Å². The number of anilines is 2. The number of carbonyl (C=O) groups is 2. The molecule has 0 fully saturated rings. The van der Waals surface area contributed by atoms with Gasteiger partial charge in [-0.15, -0.1) is 0 Å². The lowest BCUT2D eigenvalue weighted by atomic mass is 10.1. The van der Waals surface area contributed by atoms with Crippen LogP contribution in [0, 0.1) is 6.92 Å². The molecule has 2 aromatic carbocycles. The molecule has 0 saturated heterocycles. The predicted molar refractivity (Wildman–Crippen MR) is 106 cm³/mol. The number of aryl methyl sites for hydroxylation is 2. The monoisotopic (exact) mass is 369 g/mol. The molecule has 2 N–H and O–H groups in total. The number of halogens is 1. The number of nitrogens with one attached hydrogen (secondary N) is 2. The lowest BCUT2D eigenvalue weighted by Gasteiger charge is -2.10. The molecule has 1 aromatic heterocycles. The highest BCUT2D eigenvalue weighted by Crippen LogP contribution is 2.29. The Kier molecular flexibility index (Phi) is 5.00. The fraction of sp³-hybridized carbons (Fsp3) is 0.200. The molecule has 3 rings (SSSR count). The molecule has 1 heterocycles. The SMILES string of the molecule is CCn1c(C(=O)Nc2ccc(NC(C)=O)cc2)c(C)c2cc(Cl)ccc21. The third-order valence-electron chi connectivity index (χ3n) is 4.27. The van der Waals surface area contributed by atoms with E-state index in [9.17, 15) is 9.59 Å². The van der Waals surface area contributed by atoms with Gasteiger partial charge in [0.05, 0.1) is 0 Å². The van der Waals surface area contributed by atoms with E-state index in [2.05, 4.69) is 10.6 Å². The van der Waals surface area contributed by atoms with E-state index < -0.39 is 0 Å². The maximum absolute atomic E-state index is 12.9. The Morgan fingerprint density at radius 2 is 1.65 bits per heavy atom. The van der Waals surface area contributed by atoms with Gasteiger partial charge in [0.15, 0.2) is 0 Å². The first kappa shape index (κ1) is 18.0. The average Bonchev–Trinajstić information content (AvgIpc) is 2.88. The zero-order valence-corrected chi connectivity index (χ0v) is 15.6. The van der Waals surface area contributed by atoms with Gasteiger partial charge in [-0.1, -0.05) is 11.6 Å². The van der Waals surface area contributed by atoms with E-state index in [0.29, 0.717) is 28.6 Å². The molecule has 0 aliphatic rings. The molecule has 0 bridgehead atoms. The quantitative estimate of drug-likeness (QED) is 0.691. The largest absolute Gasteiger partial charge is 0.337 e. The number of rotatable bonds is 4. The first-order valence-electron chi connectivity index (χ1n) is 8.38. The van der Waals surface area contributed by atoms with Crippen molar-refractivity contribution in [2.24, 2.45) is 0 Å². The fourth-order valence-corrected chi connectivity index (χ4v) is 3.32. The smallest absolute Gasteiger partial charge is 0.272 e. The fourth-order valence-electron chi connectivity index (χ4n) is 3.15. The Bertz CT molecular complexity index is 990. The second-order valence-corrected chi connectivity index (χ2v) is 6.53. The highest BCUT2D eigenvalue weighted by molar-refractivity contribution is 6.31. The van der Waals surface area contributed by atoms with Crippen LogP contribution in [0.1, 0.15) is 29.9 Å². The van der Waals surface area contributed by atoms with Crippen molar-refractivity contribution in [2.75, 3.05) is 10.6 Å². The highest BCUT2D eigenvalue weighted by atomic mass is 35.5. The third-order valence-corrected chi connectivity index (χ3v) is 4.51. The molecule has 0 radical (unpaired) electrons. The zero-order chi connectivity index (χ0) is 18.8.